The molecule has 85 heavy (non-hydrogen) atoms. The fourth-order valence-corrected chi connectivity index (χ4v) is 10.0. The van der Waals surface area contributed by atoms with Gasteiger partial charge in [0.15, 0.2) is 0 Å². The van der Waals surface area contributed by atoms with Crippen LogP contribution in [-0.2, 0) is 27.9 Å². The van der Waals surface area contributed by atoms with Crippen LogP contribution >= 0.6 is 7.82 Å². The molecule has 0 fully saturated rings. The number of ether oxygens (including phenoxy) is 1. The number of amides is 1. The Morgan fingerprint density at radius 3 is 1.18 bits per heavy atom. The third-order valence-corrected chi connectivity index (χ3v) is 15.5. The number of hydrogen-bond acceptors (Lipinski definition) is 7. The van der Waals surface area contributed by atoms with Gasteiger partial charge in [-0.2, -0.15) is 0 Å². The van der Waals surface area contributed by atoms with Crippen LogP contribution in [-0.4, -0.2) is 69.4 Å². The minimum Gasteiger partial charge on any atom is -0.756 e. The van der Waals surface area contributed by atoms with Crippen molar-refractivity contribution in [3.63, 3.8) is 0 Å². The maximum absolute atomic E-state index is 13.6. The van der Waals surface area contributed by atoms with E-state index in [9.17, 15) is 19.0 Å². The van der Waals surface area contributed by atoms with E-state index in [4.69, 9.17) is 13.8 Å². The van der Waals surface area contributed by atoms with E-state index in [1.54, 1.807) is 0 Å². The lowest BCUT2D eigenvalue weighted by Gasteiger charge is -2.30. The lowest BCUT2D eigenvalue weighted by Crippen LogP contribution is -2.47. The van der Waals surface area contributed by atoms with Gasteiger partial charge in [-0.25, -0.2) is 0 Å². The highest BCUT2D eigenvalue weighted by Gasteiger charge is 2.27. The molecule has 3 unspecified atom stereocenters. The lowest BCUT2D eigenvalue weighted by molar-refractivity contribution is -0.870. The number of nitrogens with one attached hydrogen (secondary N) is 1. The Kier molecular flexibility index (Phi) is 60.3. The third kappa shape index (κ3) is 64.5. The molecular weight excluding hydrogens is 1070 g/mol. The van der Waals surface area contributed by atoms with Crippen molar-refractivity contribution in [2.24, 2.45) is 0 Å². The average molecular weight is 1200 g/mol. The molecule has 0 spiro atoms. The topological polar surface area (TPSA) is 114 Å². The summed E-state index contributed by atoms with van der Waals surface area (Å²) in [6.07, 6.45) is 90.1. The van der Waals surface area contributed by atoms with Crippen LogP contribution in [0.3, 0.4) is 0 Å². The second-order valence-electron chi connectivity index (χ2n) is 23.9. The molecule has 0 saturated carbocycles. The van der Waals surface area contributed by atoms with Crippen molar-refractivity contribution in [1.82, 2.24) is 5.32 Å². The molecule has 0 rings (SSSR count). The Hall–Kier alpha value is -3.85. The zero-order chi connectivity index (χ0) is 62.1. The monoisotopic (exact) mass is 1200 g/mol. The number of phosphoric acid groups is 1. The van der Waals surface area contributed by atoms with Gasteiger partial charge in [-0.05, 0) is 115 Å². The van der Waals surface area contributed by atoms with Crippen LogP contribution in [0.15, 0.2) is 134 Å². The Labute approximate surface area is 524 Å². The predicted octanol–water partition coefficient (Wildman–Crippen LogP) is 21.4. The number of esters is 1. The Morgan fingerprint density at radius 2 is 0.765 bits per heavy atom. The first-order valence-electron chi connectivity index (χ1n) is 34.5. The van der Waals surface area contributed by atoms with E-state index >= 15 is 0 Å². The van der Waals surface area contributed by atoms with Gasteiger partial charge in [0.05, 0.1) is 33.8 Å². The fraction of sp³-hybridized carbons (Fsp3) is 0.680. The molecule has 0 aromatic heterocycles. The van der Waals surface area contributed by atoms with Gasteiger partial charge in [0.25, 0.3) is 7.82 Å². The smallest absolute Gasteiger partial charge is 0.306 e. The fourth-order valence-electron chi connectivity index (χ4n) is 9.30. The number of likely N-dealkylation sites (N-methyl/N-ethyl adjacent to an activating group) is 1. The minimum absolute atomic E-state index is 0.0407. The summed E-state index contributed by atoms with van der Waals surface area (Å²) in [5.41, 5.74) is 0. The summed E-state index contributed by atoms with van der Waals surface area (Å²) in [4.78, 5) is 40.1. The third-order valence-electron chi connectivity index (χ3n) is 14.6. The maximum Gasteiger partial charge on any atom is 0.306 e. The minimum atomic E-state index is -4.73. The zero-order valence-electron chi connectivity index (χ0n) is 55.5. The van der Waals surface area contributed by atoms with Crippen LogP contribution < -0.4 is 10.2 Å². The van der Waals surface area contributed by atoms with Gasteiger partial charge in [-0.1, -0.05) is 283 Å². The molecule has 0 aliphatic heterocycles. The molecular formula is C75H129N2O7P. The predicted molar refractivity (Wildman–Crippen MR) is 366 cm³/mol. The Bertz CT molecular complexity index is 1920. The van der Waals surface area contributed by atoms with Crippen LogP contribution in [0.1, 0.15) is 278 Å². The number of unbranched alkanes of at least 4 members (excludes halogenated alkanes) is 25. The molecule has 486 valence electrons. The number of hydrogen-bond donors (Lipinski definition) is 1. The van der Waals surface area contributed by atoms with Gasteiger partial charge in [-0.15, -0.1) is 0 Å². The Balaban J connectivity index is 5.22. The molecule has 9 nitrogen and oxygen atoms in total. The molecule has 0 saturated heterocycles. The first kappa shape index (κ1) is 81.2. The normalized spacial score (nSPS) is 14.4. The van der Waals surface area contributed by atoms with Crippen LogP contribution in [0.25, 0.3) is 0 Å². The van der Waals surface area contributed by atoms with Crippen molar-refractivity contribution in [3.05, 3.63) is 134 Å². The first-order valence-corrected chi connectivity index (χ1v) is 36.0. The number of phosphoric ester groups is 1. The van der Waals surface area contributed by atoms with Crippen molar-refractivity contribution in [3.8, 4) is 0 Å². The summed E-state index contributed by atoms with van der Waals surface area (Å²) in [6.45, 7) is 6.65. The summed E-state index contributed by atoms with van der Waals surface area (Å²) < 4.78 is 30.3. The number of carbonyl (C=O) groups excluding carboxylic acids is 2. The number of quaternary nitrogens is 1. The van der Waals surface area contributed by atoms with Crippen LogP contribution in [0.4, 0.5) is 0 Å². The van der Waals surface area contributed by atoms with E-state index < -0.39 is 32.5 Å². The van der Waals surface area contributed by atoms with E-state index in [1.165, 1.54) is 128 Å². The molecule has 0 aliphatic rings. The van der Waals surface area contributed by atoms with Crippen molar-refractivity contribution in [1.29, 1.82) is 0 Å². The van der Waals surface area contributed by atoms with E-state index in [1.807, 2.05) is 45.4 Å². The van der Waals surface area contributed by atoms with Gasteiger partial charge in [0.1, 0.15) is 19.3 Å². The molecule has 0 aromatic carbocycles. The van der Waals surface area contributed by atoms with E-state index in [-0.39, 0.29) is 18.9 Å². The SMILES string of the molecule is CC/C=C\C/C=C\C/C=C\C/C=C\C/C=C\C/C=C\CCC(=O)OC(/C=C\CCCCCCCCCCCCC)C(COP(=O)([O-])OCC[N+](C)(C)C)NC(=O)CCCCCCCCCCCCC/C=C\C/C=C\C/C=C\C/C=C\CCCCC. The highest BCUT2D eigenvalue weighted by molar-refractivity contribution is 7.45. The van der Waals surface area contributed by atoms with Gasteiger partial charge in [0.2, 0.25) is 5.91 Å². The Morgan fingerprint density at radius 1 is 0.424 bits per heavy atom. The van der Waals surface area contributed by atoms with Crippen molar-refractivity contribution >= 4 is 19.7 Å². The summed E-state index contributed by atoms with van der Waals surface area (Å²) >= 11 is 0. The van der Waals surface area contributed by atoms with Gasteiger partial charge in [-0.3, -0.25) is 14.2 Å². The zero-order valence-corrected chi connectivity index (χ0v) is 56.4. The molecule has 1 amide bonds. The molecule has 3 atom stereocenters. The summed E-state index contributed by atoms with van der Waals surface area (Å²) in [5.74, 6) is -0.647. The number of allylic oxidation sites excluding steroid dienone is 21. The van der Waals surface area contributed by atoms with Gasteiger partial charge < -0.3 is 28.5 Å². The second kappa shape index (κ2) is 63.2. The average Bonchev–Trinajstić information content (AvgIpc) is 3.50. The van der Waals surface area contributed by atoms with E-state index in [0.29, 0.717) is 23.9 Å². The summed E-state index contributed by atoms with van der Waals surface area (Å²) in [7, 11) is 1.13. The van der Waals surface area contributed by atoms with Crippen molar-refractivity contribution < 1.29 is 37.3 Å². The second-order valence-corrected chi connectivity index (χ2v) is 25.4. The number of nitrogens with zero attached hydrogens (tertiary/aromatic N) is 1. The highest BCUT2D eigenvalue weighted by atomic mass is 31.2. The molecule has 0 aromatic rings. The standard InChI is InChI=1S/C75H129N2O7P/c1-7-10-13-16-19-22-25-28-30-32-34-35-36-37-38-39-40-41-43-44-46-49-52-55-58-61-64-67-74(78)76-72(71-83-85(80,81)82-70-69-77(4,5)6)73(66-63-60-57-54-51-48-27-24-21-18-15-12-9-3)84-75(79)68-65-62-59-56-53-50-47-45-42-33-31-29-26-23-20-17-14-11-8-2/h11,14,19-20,22-23,28-31,34-35,37-38,42,45,50,53,59,62-63,66,72-73H,7-10,12-13,15-18,21,24-27,32-33,36,39-41,43-44,46-49,51-52,54-58,60-61,64-65,67-71H2,1-6H3,(H-,76,78,80,81)/b14-11-,22-19-,23-20-,30-28-,31-29-,35-34-,38-37-,45-42-,53-50-,62-59-,66-63-. The molecule has 0 heterocycles. The van der Waals surface area contributed by atoms with E-state index in [0.717, 1.165) is 109 Å². The largest absolute Gasteiger partial charge is 0.756 e. The summed E-state index contributed by atoms with van der Waals surface area (Å²) in [5, 5.41) is 3.02. The van der Waals surface area contributed by atoms with Gasteiger partial charge in [0, 0.05) is 12.8 Å². The van der Waals surface area contributed by atoms with E-state index in [2.05, 4.69) is 135 Å². The highest BCUT2D eigenvalue weighted by Crippen LogP contribution is 2.38. The number of rotatable bonds is 61. The molecule has 1 N–H and O–H groups in total. The van der Waals surface area contributed by atoms with Crippen molar-refractivity contribution in [2.75, 3.05) is 40.9 Å². The number of carbonyl (C=O) groups is 2. The van der Waals surface area contributed by atoms with Crippen LogP contribution in [0.2, 0.25) is 0 Å². The summed E-state index contributed by atoms with van der Waals surface area (Å²) in [6, 6.07) is -0.931. The van der Waals surface area contributed by atoms with Crippen molar-refractivity contribution in [2.45, 2.75) is 290 Å². The molecule has 10 heteroatoms. The molecule has 0 aliphatic carbocycles. The lowest BCUT2D eigenvalue weighted by atomic mass is 10.0. The molecule has 0 bridgehead atoms. The maximum atomic E-state index is 13.6. The quantitative estimate of drug-likeness (QED) is 0.0212. The van der Waals surface area contributed by atoms with Crippen LogP contribution in [0.5, 0.6) is 0 Å². The van der Waals surface area contributed by atoms with Crippen LogP contribution in [0, 0.1) is 0 Å². The molecule has 0 radical (unpaired) electrons. The first-order chi connectivity index (χ1) is 41.4. The van der Waals surface area contributed by atoms with Gasteiger partial charge >= 0.3 is 5.97 Å².